The maximum atomic E-state index is 13.3. The van der Waals surface area contributed by atoms with Crippen LogP contribution in [0.4, 0.5) is 5.69 Å². The van der Waals surface area contributed by atoms with Crippen molar-refractivity contribution in [3.8, 4) is 16.9 Å². The second-order valence-electron chi connectivity index (χ2n) is 7.09. The van der Waals surface area contributed by atoms with Crippen molar-refractivity contribution in [3.05, 3.63) is 75.1 Å². The quantitative estimate of drug-likeness (QED) is 0.445. The number of halogens is 1. The highest BCUT2D eigenvalue weighted by atomic mass is 35.5. The summed E-state index contributed by atoms with van der Waals surface area (Å²) in [5.41, 5.74) is 2.79. The molecule has 0 aliphatic rings. The molecule has 2 aromatic carbocycles. The minimum Gasteiger partial charge on any atom is -0.497 e. The van der Waals surface area contributed by atoms with Crippen LogP contribution in [0.3, 0.4) is 0 Å². The fourth-order valence-corrected chi connectivity index (χ4v) is 4.39. The summed E-state index contributed by atoms with van der Waals surface area (Å²) in [5, 5.41) is 5.82. The summed E-state index contributed by atoms with van der Waals surface area (Å²) >= 11 is 7.54. The molecule has 1 atom stereocenters. The van der Waals surface area contributed by atoms with Crippen LogP contribution >= 0.6 is 22.9 Å². The number of amides is 1. The van der Waals surface area contributed by atoms with Crippen molar-refractivity contribution in [1.82, 2.24) is 9.55 Å². The van der Waals surface area contributed by atoms with Crippen LogP contribution in [0.5, 0.6) is 5.75 Å². The largest absolute Gasteiger partial charge is 0.497 e. The molecule has 2 heterocycles. The van der Waals surface area contributed by atoms with E-state index in [-0.39, 0.29) is 11.5 Å². The van der Waals surface area contributed by atoms with Crippen LogP contribution in [0.2, 0.25) is 5.02 Å². The van der Waals surface area contributed by atoms with Gasteiger partial charge in [0.2, 0.25) is 5.91 Å². The zero-order valence-electron chi connectivity index (χ0n) is 17.2. The first kappa shape index (κ1) is 21.1. The number of carbonyl (C=O) groups excluding carboxylic acids is 1. The molecular formula is C23H20ClN3O3S. The standard InChI is InChI=1S/C23H20ClN3O3S/c1-13-18(24)5-4-6-19(13)26-21(28)14(2)27-12-25-22-20(23(27)29)17(11-31-22)15-7-9-16(30-3)10-8-15/h4-12,14H,1-3H3,(H,26,28). The maximum absolute atomic E-state index is 13.3. The molecule has 1 unspecified atom stereocenters. The number of nitrogens with one attached hydrogen (secondary N) is 1. The first-order chi connectivity index (χ1) is 14.9. The average Bonchev–Trinajstić information content (AvgIpc) is 3.22. The van der Waals surface area contributed by atoms with Crippen LogP contribution in [0.15, 0.2) is 59.0 Å². The number of nitrogens with zero attached hydrogens (tertiary/aromatic N) is 2. The SMILES string of the molecule is COc1ccc(-c2csc3ncn(C(C)C(=O)Nc4cccc(Cl)c4C)c(=O)c23)cc1. The number of ether oxygens (including phenoxy) is 1. The zero-order chi connectivity index (χ0) is 22.1. The first-order valence-electron chi connectivity index (χ1n) is 9.59. The van der Waals surface area contributed by atoms with Gasteiger partial charge in [-0.05, 0) is 49.2 Å². The Morgan fingerprint density at radius 2 is 1.97 bits per heavy atom. The second kappa shape index (κ2) is 8.53. The molecule has 0 fully saturated rings. The summed E-state index contributed by atoms with van der Waals surface area (Å²) in [6.07, 6.45) is 1.42. The third-order valence-corrected chi connectivity index (χ3v) is 6.54. The maximum Gasteiger partial charge on any atom is 0.263 e. The number of aromatic nitrogens is 2. The predicted octanol–water partition coefficient (Wildman–Crippen LogP) is 5.30. The van der Waals surface area contributed by atoms with Gasteiger partial charge in [0.15, 0.2) is 0 Å². The van der Waals surface area contributed by atoms with E-state index >= 15 is 0 Å². The van der Waals surface area contributed by atoms with Gasteiger partial charge in [0.25, 0.3) is 5.56 Å². The minimum atomic E-state index is -0.758. The molecule has 31 heavy (non-hydrogen) atoms. The fourth-order valence-electron chi connectivity index (χ4n) is 3.31. The number of rotatable bonds is 5. The van der Waals surface area contributed by atoms with Crippen LogP contribution in [-0.2, 0) is 4.79 Å². The number of anilines is 1. The highest BCUT2D eigenvalue weighted by Crippen LogP contribution is 2.32. The lowest BCUT2D eigenvalue weighted by atomic mass is 10.1. The molecule has 0 radical (unpaired) electrons. The summed E-state index contributed by atoms with van der Waals surface area (Å²) in [6, 6.07) is 12.0. The van der Waals surface area contributed by atoms with E-state index in [1.165, 1.54) is 22.2 Å². The van der Waals surface area contributed by atoms with E-state index in [2.05, 4.69) is 10.3 Å². The van der Waals surface area contributed by atoms with Crippen molar-refractivity contribution >= 4 is 44.7 Å². The summed E-state index contributed by atoms with van der Waals surface area (Å²) in [6.45, 7) is 3.50. The van der Waals surface area contributed by atoms with Gasteiger partial charge in [0, 0.05) is 21.7 Å². The van der Waals surface area contributed by atoms with E-state index in [1.54, 1.807) is 32.2 Å². The molecule has 0 aliphatic carbocycles. The van der Waals surface area contributed by atoms with E-state index in [4.69, 9.17) is 16.3 Å². The van der Waals surface area contributed by atoms with Crippen molar-refractivity contribution in [1.29, 1.82) is 0 Å². The first-order valence-corrected chi connectivity index (χ1v) is 10.8. The molecule has 6 nitrogen and oxygen atoms in total. The normalized spacial score (nSPS) is 12.0. The summed E-state index contributed by atoms with van der Waals surface area (Å²) in [4.78, 5) is 31.3. The molecule has 0 aliphatic heterocycles. The number of thiophene rings is 1. The van der Waals surface area contributed by atoms with Crippen LogP contribution in [0.1, 0.15) is 18.5 Å². The van der Waals surface area contributed by atoms with Crippen molar-refractivity contribution in [2.75, 3.05) is 12.4 Å². The van der Waals surface area contributed by atoms with Gasteiger partial charge in [0.1, 0.15) is 16.6 Å². The molecular weight excluding hydrogens is 434 g/mol. The Hall–Kier alpha value is -3.16. The predicted molar refractivity (Wildman–Crippen MR) is 125 cm³/mol. The summed E-state index contributed by atoms with van der Waals surface area (Å²) in [5.74, 6) is 0.412. The Balaban J connectivity index is 1.70. The van der Waals surface area contributed by atoms with E-state index in [0.717, 1.165) is 22.4 Å². The lowest BCUT2D eigenvalue weighted by Gasteiger charge is -2.16. The Kier molecular flexibility index (Phi) is 5.80. The van der Waals surface area contributed by atoms with E-state index < -0.39 is 6.04 Å². The molecule has 4 rings (SSSR count). The number of hydrogen-bond acceptors (Lipinski definition) is 5. The van der Waals surface area contributed by atoms with Crippen LogP contribution in [0.25, 0.3) is 21.3 Å². The number of benzene rings is 2. The Labute approximate surface area is 188 Å². The molecule has 1 N–H and O–H groups in total. The Morgan fingerprint density at radius 1 is 1.23 bits per heavy atom. The molecule has 8 heteroatoms. The monoisotopic (exact) mass is 453 g/mol. The summed E-state index contributed by atoms with van der Waals surface area (Å²) in [7, 11) is 1.61. The Morgan fingerprint density at radius 3 is 2.68 bits per heavy atom. The van der Waals surface area contributed by atoms with Crippen LogP contribution in [-0.4, -0.2) is 22.6 Å². The van der Waals surface area contributed by atoms with Crippen molar-refractivity contribution < 1.29 is 9.53 Å². The molecule has 2 aromatic heterocycles. The van der Waals surface area contributed by atoms with Gasteiger partial charge in [-0.3, -0.25) is 14.2 Å². The number of carbonyl (C=O) groups is 1. The zero-order valence-corrected chi connectivity index (χ0v) is 18.8. The lowest BCUT2D eigenvalue weighted by Crippen LogP contribution is -2.31. The highest BCUT2D eigenvalue weighted by Gasteiger charge is 2.21. The molecule has 0 bridgehead atoms. The van der Waals surface area contributed by atoms with Gasteiger partial charge in [-0.25, -0.2) is 4.98 Å². The third-order valence-electron chi connectivity index (χ3n) is 5.24. The van der Waals surface area contributed by atoms with E-state index in [9.17, 15) is 9.59 Å². The molecule has 4 aromatic rings. The highest BCUT2D eigenvalue weighted by molar-refractivity contribution is 7.17. The molecule has 0 spiro atoms. The lowest BCUT2D eigenvalue weighted by molar-refractivity contribution is -0.118. The molecule has 1 amide bonds. The number of methoxy groups -OCH3 is 1. The van der Waals surface area contributed by atoms with Crippen molar-refractivity contribution in [3.63, 3.8) is 0 Å². The third kappa shape index (κ3) is 3.94. The van der Waals surface area contributed by atoms with Crippen LogP contribution in [0, 0.1) is 6.92 Å². The van der Waals surface area contributed by atoms with Gasteiger partial charge < -0.3 is 10.1 Å². The van der Waals surface area contributed by atoms with E-state index in [1.807, 2.05) is 36.6 Å². The molecule has 0 saturated carbocycles. The summed E-state index contributed by atoms with van der Waals surface area (Å²) < 4.78 is 6.57. The Bertz CT molecular complexity index is 1330. The van der Waals surface area contributed by atoms with Gasteiger partial charge in [0.05, 0.1) is 18.8 Å². The number of fused-ring (bicyclic) bond motifs is 1. The van der Waals surface area contributed by atoms with Gasteiger partial charge >= 0.3 is 0 Å². The van der Waals surface area contributed by atoms with Crippen molar-refractivity contribution in [2.45, 2.75) is 19.9 Å². The number of hydrogen-bond donors (Lipinski definition) is 1. The van der Waals surface area contributed by atoms with E-state index in [0.29, 0.717) is 20.9 Å². The average molecular weight is 454 g/mol. The van der Waals surface area contributed by atoms with Gasteiger partial charge in [-0.2, -0.15) is 0 Å². The van der Waals surface area contributed by atoms with Crippen LogP contribution < -0.4 is 15.6 Å². The van der Waals surface area contributed by atoms with Gasteiger partial charge in [-0.15, -0.1) is 11.3 Å². The fraction of sp³-hybridized carbons (Fsp3) is 0.174. The molecule has 158 valence electrons. The topological polar surface area (TPSA) is 73.2 Å². The second-order valence-corrected chi connectivity index (χ2v) is 8.36. The van der Waals surface area contributed by atoms with Crippen molar-refractivity contribution in [2.24, 2.45) is 0 Å². The molecule has 0 saturated heterocycles. The smallest absolute Gasteiger partial charge is 0.263 e. The van der Waals surface area contributed by atoms with Gasteiger partial charge in [-0.1, -0.05) is 29.8 Å². The minimum absolute atomic E-state index is 0.262.